The minimum Gasteiger partial charge on any atom is -0.431 e. The van der Waals surface area contributed by atoms with Crippen LogP contribution in [0.4, 0.5) is 4.79 Å². The van der Waals surface area contributed by atoms with E-state index in [4.69, 9.17) is 19.2 Å². The average Bonchev–Trinajstić information content (AvgIpc) is 3.36. The Morgan fingerprint density at radius 1 is 0.891 bits per heavy atom. The molecule has 5 saturated carbocycles. The van der Waals surface area contributed by atoms with Crippen LogP contribution in [0.5, 0.6) is 0 Å². The van der Waals surface area contributed by atoms with Gasteiger partial charge < -0.3 is 9.47 Å². The maximum atomic E-state index is 13.4. The summed E-state index contributed by atoms with van der Waals surface area (Å²) in [6.45, 7) is 19.3. The van der Waals surface area contributed by atoms with Crippen LogP contribution in [0.3, 0.4) is 0 Å². The highest BCUT2D eigenvalue weighted by atomic mass is 17.2. The monoisotopic (exact) mass is 638 g/mol. The summed E-state index contributed by atoms with van der Waals surface area (Å²) in [5.74, 6) is 5.04. The van der Waals surface area contributed by atoms with Gasteiger partial charge in [0, 0.05) is 17.3 Å². The van der Waals surface area contributed by atoms with Crippen molar-refractivity contribution >= 4 is 6.16 Å². The molecule has 0 radical (unpaired) electrons. The van der Waals surface area contributed by atoms with Crippen molar-refractivity contribution in [1.29, 1.82) is 0 Å². The van der Waals surface area contributed by atoms with Crippen LogP contribution in [0, 0.1) is 57.2 Å². The Morgan fingerprint density at radius 2 is 1.70 bits per heavy atom. The number of ether oxygens (including phenoxy) is 2. The molecule has 8 aliphatic rings. The van der Waals surface area contributed by atoms with Crippen LogP contribution in [0.25, 0.3) is 0 Å². The Balaban J connectivity index is 0.975. The Labute approximate surface area is 280 Å². The van der Waals surface area contributed by atoms with Crippen LogP contribution in [0.1, 0.15) is 158 Å². The highest BCUT2D eigenvalue weighted by Gasteiger charge is 2.70. The minimum atomic E-state index is -0.487. The van der Waals surface area contributed by atoms with E-state index in [0.29, 0.717) is 5.41 Å². The fourth-order valence-corrected chi connectivity index (χ4v) is 13.6. The Bertz CT molecular complexity index is 1180. The second-order valence-electron chi connectivity index (χ2n) is 19.3. The molecular formula is C41H66O5. The molecule has 260 valence electrons. The van der Waals surface area contributed by atoms with Crippen molar-refractivity contribution in [2.24, 2.45) is 57.2 Å². The van der Waals surface area contributed by atoms with Gasteiger partial charge in [0.15, 0.2) is 0 Å². The van der Waals surface area contributed by atoms with Gasteiger partial charge >= 0.3 is 6.16 Å². The van der Waals surface area contributed by atoms with Gasteiger partial charge in [0.25, 0.3) is 0 Å². The normalized spacial score (nSPS) is 48.0. The van der Waals surface area contributed by atoms with E-state index >= 15 is 0 Å². The van der Waals surface area contributed by atoms with E-state index in [-0.39, 0.29) is 34.6 Å². The molecule has 2 aliphatic heterocycles. The van der Waals surface area contributed by atoms with Gasteiger partial charge in [-0.2, -0.15) is 0 Å². The van der Waals surface area contributed by atoms with Gasteiger partial charge in [-0.3, -0.25) is 0 Å². The summed E-state index contributed by atoms with van der Waals surface area (Å²) >= 11 is 0. The highest BCUT2D eigenvalue weighted by Crippen LogP contribution is 2.68. The molecule has 2 heterocycles. The van der Waals surface area contributed by atoms with Gasteiger partial charge in [-0.05, 0) is 123 Å². The molecule has 12 atom stereocenters. The molecule has 0 aromatic carbocycles. The standard InChI is InChI=1S/C41H66O5/c1-26(2)10-9-11-27(3)32-14-15-33-31-13-12-28-24-29(16-21-39(28,7)34(31)18-22-40(32,33)8)43-36(42)44-35-19-20-38(6)25-30-17-23-41(38,46-45-30)37(35,4)5/h12,26-27,29-35H,9-11,13-25H2,1-8H3. The average molecular weight is 639 g/mol. The Morgan fingerprint density at radius 3 is 2.43 bits per heavy atom. The predicted octanol–water partition coefficient (Wildman–Crippen LogP) is 11.0. The van der Waals surface area contributed by atoms with Gasteiger partial charge in [-0.15, -0.1) is 0 Å². The fourth-order valence-electron chi connectivity index (χ4n) is 13.6. The molecule has 5 heteroatoms. The van der Waals surface area contributed by atoms with E-state index in [1.165, 1.54) is 51.4 Å². The van der Waals surface area contributed by atoms with E-state index < -0.39 is 11.8 Å². The zero-order valence-corrected chi connectivity index (χ0v) is 30.6. The first-order chi connectivity index (χ1) is 21.7. The zero-order chi connectivity index (χ0) is 32.7. The van der Waals surface area contributed by atoms with Crippen LogP contribution >= 0.6 is 0 Å². The molecule has 0 N–H and O–H groups in total. The van der Waals surface area contributed by atoms with E-state index in [1.54, 1.807) is 5.57 Å². The van der Waals surface area contributed by atoms with Crippen molar-refractivity contribution in [1.82, 2.24) is 0 Å². The molecule has 5 nitrogen and oxygen atoms in total. The molecule has 2 saturated heterocycles. The molecule has 0 aromatic rings. The van der Waals surface area contributed by atoms with Crippen LogP contribution in [0.2, 0.25) is 0 Å². The number of rotatable bonds is 7. The summed E-state index contributed by atoms with van der Waals surface area (Å²) < 4.78 is 12.4. The lowest BCUT2D eigenvalue weighted by Crippen LogP contribution is -2.71. The fraction of sp³-hybridized carbons (Fsp3) is 0.927. The third-order valence-corrected chi connectivity index (χ3v) is 16.4. The second kappa shape index (κ2) is 11.8. The van der Waals surface area contributed by atoms with Crippen molar-refractivity contribution in [3.05, 3.63) is 11.6 Å². The van der Waals surface area contributed by atoms with Crippen LogP contribution < -0.4 is 0 Å². The number of hydrogen-bond acceptors (Lipinski definition) is 5. The summed E-state index contributed by atoms with van der Waals surface area (Å²) in [5.41, 5.74) is 1.62. The molecule has 7 fully saturated rings. The van der Waals surface area contributed by atoms with E-state index in [0.717, 1.165) is 86.9 Å². The largest absolute Gasteiger partial charge is 0.508 e. The lowest BCUT2D eigenvalue weighted by molar-refractivity contribution is -0.496. The van der Waals surface area contributed by atoms with Gasteiger partial charge in [-0.25, -0.2) is 14.6 Å². The first-order valence-electron chi connectivity index (χ1n) is 19.6. The maximum absolute atomic E-state index is 13.4. The van der Waals surface area contributed by atoms with Crippen molar-refractivity contribution in [2.45, 2.75) is 182 Å². The zero-order valence-electron chi connectivity index (χ0n) is 30.6. The molecular weight excluding hydrogens is 572 g/mol. The predicted molar refractivity (Wildman–Crippen MR) is 182 cm³/mol. The molecule has 1 spiro atoms. The lowest BCUT2D eigenvalue weighted by atomic mass is 9.47. The number of fused-ring (bicyclic) bond motifs is 7. The van der Waals surface area contributed by atoms with Crippen molar-refractivity contribution in [2.75, 3.05) is 0 Å². The van der Waals surface area contributed by atoms with Crippen LogP contribution in [-0.4, -0.2) is 30.1 Å². The second-order valence-corrected chi connectivity index (χ2v) is 19.3. The van der Waals surface area contributed by atoms with Gasteiger partial charge in [0.1, 0.15) is 17.8 Å². The van der Waals surface area contributed by atoms with E-state index in [9.17, 15) is 4.79 Å². The Kier molecular flexibility index (Phi) is 8.55. The van der Waals surface area contributed by atoms with Crippen molar-refractivity contribution in [3.63, 3.8) is 0 Å². The van der Waals surface area contributed by atoms with Gasteiger partial charge in [-0.1, -0.05) is 86.3 Å². The summed E-state index contributed by atoms with van der Waals surface area (Å²) in [7, 11) is 0. The third kappa shape index (κ3) is 5.08. The van der Waals surface area contributed by atoms with Crippen LogP contribution in [0.15, 0.2) is 11.6 Å². The number of hydrogen-bond donors (Lipinski definition) is 0. The lowest BCUT2D eigenvalue weighted by Gasteiger charge is -2.66. The topological polar surface area (TPSA) is 54.0 Å². The smallest absolute Gasteiger partial charge is 0.431 e. The first kappa shape index (κ1) is 33.4. The molecule has 46 heavy (non-hydrogen) atoms. The maximum Gasteiger partial charge on any atom is 0.508 e. The van der Waals surface area contributed by atoms with Gasteiger partial charge in [0.05, 0.1) is 6.10 Å². The minimum absolute atomic E-state index is 0.0578. The van der Waals surface area contributed by atoms with Crippen molar-refractivity contribution < 1.29 is 24.0 Å². The first-order valence-corrected chi connectivity index (χ1v) is 19.6. The van der Waals surface area contributed by atoms with E-state index in [2.05, 4.69) is 61.5 Å². The summed E-state index contributed by atoms with van der Waals surface area (Å²) in [6, 6.07) is 0. The van der Waals surface area contributed by atoms with Gasteiger partial charge in [0.2, 0.25) is 0 Å². The molecule has 6 aliphatic carbocycles. The highest BCUT2D eigenvalue weighted by molar-refractivity contribution is 5.60. The SMILES string of the molecule is CC(C)CCCC(C)C1CCC2C3CC=C4CC(OC(=O)OC5CCC6(C)CC7CCC6(OO7)C5(C)C)CCC4(C)C3CCC12C. The molecule has 0 amide bonds. The summed E-state index contributed by atoms with van der Waals surface area (Å²) in [6.07, 6.45) is 20.9. The molecule has 2 bridgehead atoms. The number of allylic oxidation sites excluding steroid dienone is 1. The molecule has 12 unspecified atom stereocenters. The number of carbonyl (C=O) groups is 1. The number of carbonyl (C=O) groups excluding carboxylic acids is 1. The molecule has 8 rings (SSSR count). The third-order valence-electron chi connectivity index (χ3n) is 16.4. The summed E-state index contributed by atoms with van der Waals surface area (Å²) in [5, 5.41) is 0. The quantitative estimate of drug-likeness (QED) is 0.158. The molecule has 0 aromatic heterocycles. The Hall–Kier alpha value is -1.07. The van der Waals surface area contributed by atoms with Crippen molar-refractivity contribution in [3.8, 4) is 0 Å². The summed E-state index contributed by atoms with van der Waals surface area (Å²) in [4.78, 5) is 25.4. The van der Waals surface area contributed by atoms with E-state index in [1.807, 2.05) is 0 Å². The van der Waals surface area contributed by atoms with Crippen LogP contribution in [-0.2, 0) is 19.2 Å².